The molecule has 0 N–H and O–H groups in total. The van der Waals surface area contributed by atoms with Gasteiger partial charge >= 0.3 is 0 Å². The zero-order valence-corrected chi connectivity index (χ0v) is 15.1. The topological polar surface area (TPSA) is 62.2 Å². The predicted molar refractivity (Wildman–Crippen MR) is 102 cm³/mol. The minimum atomic E-state index is 0.00988. The predicted octanol–water partition coefficient (Wildman–Crippen LogP) is 2.95. The Kier molecular flexibility index (Phi) is 4.42. The van der Waals surface area contributed by atoms with Gasteiger partial charge in [-0.3, -0.25) is 14.8 Å². The highest BCUT2D eigenvalue weighted by molar-refractivity contribution is 6.31. The van der Waals surface area contributed by atoms with E-state index in [4.69, 9.17) is 11.6 Å². The lowest BCUT2D eigenvalue weighted by atomic mass is 10.1. The van der Waals surface area contributed by atoms with Gasteiger partial charge in [-0.2, -0.15) is 0 Å². The highest BCUT2D eigenvalue weighted by atomic mass is 35.5. The molecule has 3 aromatic rings. The molecule has 132 valence electrons. The Morgan fingerprint density at radius 2 is 1.92 bits per heavy atom. The summed E-state index contributed by atoms with van der Waals surface area (Å²) in [7, 11) is 0. The lowest BCUT2D eigenvalue weighted by molar-refractivity contribution is 0.0745. The molecule has 0 bridgehead atoms. The Balaban J connectivity index is 1.53. The van der Waals surface area contributed by atoms with E-state index >= 15 is 0 Å². The fourth-order valence-electron chi connectivity index (χ4n) is 3.22. The second-order valence-electron chi connectivity index (χ2n) is 6.30. The van der Waals surface area contributed by atoms with Crippen molar-refractivity contribution < 1.29 is 4.79 Å². The first kappa shape index (κ1) is 16.7. The van der Waals surface area contributed by atoms with Crippen LogP contribution >= 0.6 is 11.6 Å². The molecule has 1 aliphatic heterocycles. The smallest absolute Gasteiger partial charge is 0.255 e. The lowest BCUT2D eigenvalue weighted by Crippen LogP contribution is -2.49. The summed E-state index contributed by atoms with van der Waals surface area (Å²) in [4.78, 5) is 30.0. The summed E-state index contributed by atoms with van der Waals surface area (Å²) in [6.45, 7) is 4.62. The van der Waals surface area contributed by atoms with E-state index in [9.17, 15) is 4.79 Å². The summed E-state index contributed by atoms with van der Waals surface area (Å²) in [5, 5.41) is 1.52. The standard InChI is InChI=1S/C19H18ClN5O/c1-13-16(11-14-10-15(20)2-3-17(14)23-13)19(26)25-8-6-24(7-9-25)18-12-21-4-5-22-18/h2-5,10-12H,6-9H2,1H3. The number of pyridine rings is 1. The summed E-state index contributed by atoms with van der Waals surface area (Å²) < 4.78 is 0. The number of fused-ring (bicyclic) bond motifs is 1. The van der Waals surface area contributed by atoms with Gasteiger partial charge in [0.05, 0.1) is 23.0 Å². The summed E-state index contributed by atoms with van der Waals surface area (Å²) in [6, 6.07) is 7.41. The SMILES string of the molecule is Cc1nc2ccc(Cl)cc2cc1C(=O)N1CCN(c2cnccn2)CC1. The number of nitrogens with zero attached hydrogens (tertiary/aromatic N) is 5. The van der Waals surface area contributed by atoms with Crippen molar-refractivity contribution in [2.24, 2.45) is 0 Å². The third-order valence-corrected chi connectivity index (χ3v) is 4.87. The van der Waals surface area contributed by atoms with E-state index in [1.165, 1.54) is 0 Å². The second kappa shape index (κ2) is 6.88. The number of halogens is 1. The fourth-order valence-corrected chi connectivity index (χ4v) is 3.40. The summed E-state index contributed by atoms with van der Waals surface area (Å²) >= 11 is 6.07. The molecule has 1 aromatic carbocycles. The first-order chi connectivity index (χ1) is 12.6. The molecule has 3 heterocycles. The van der Waals surface area contributed by atoms with Crippen molar-refractivity contribution in [3.8, 4) is 0 Å². The van der Waals surface area contributed by atoms with Crippen LogP contribution in [0.5, 0.6) is 0 Å². The highest BCUT2D eigenvalue weighted by Crippen LogP contribution is 2.22. The number of carbonyl (C=O) groups is 1. The fraction of sp³-hybridized carbons (Fsp3) is 0.263. The van der Waals surface area contributed by atoms with E-state index in [-0.39, 0.29) is 5.91 Å². The zero-order valence-electron chi connectivity index (χ0n) is 14.4. The monoisotopic (exact) mass is 367 g/mol. The number of rotatable bonds is 2. The molecule has 26 heavy (non-hydrogen) atoms. The van der Waals surface area contributed by atoms with Gasteiger partial charge in [0.15, 0.2) is 0 Å². The third kappa shape index (κ3) is 3.20. The summed E-state index contributed by atoms with van der Waals surface area (Å²) in [6.07, 6.45) is 5.09. The largest absolute Gasteiger partial charge is 0.352 e. The molecule has 1 fully saturated rings. The molecular weight excluding hydrogens is 350 g/mol. The van der Waals surface area contributed by atoms with Crippen molar-refractivity contribution in [3.05, 3.63) is 59.1 Å². The van der Waals surface area contributed by atoms with Gasteiger partial charge < -0.3 is 9.80 Å². The van der Waals surface area contributed by atoms with Crippen LogP contribution in [0, 0.1) is 6.92 Å². The van der Waals surface area contributed by atoms with E-state index in [0.717, 1.165) is 35.5 Å². The molecule has 1 aliphatic rings. The van der Waals surface area contributed by atoms with Gasteiger partial charge in [-0.15, -0.1) is 0 Å². The molecule has 1 saturated heterocycles. The first-order valence-electron chi connectivity index (χ1n) is 8.49. The molecule has 4 rings (SSSR count). The number of piperazine rings is 1. The number of hydrogen-bond donors (Lipinski definition) is 0. The van der Waals surface area contributed by atoms with Crippen molar-refractivity contribution in [3.63, 3.8) is 0 Å². The maximum atomic E-state index is 13.0. The van der Waals surface area contributed by atoms with Crippen LogP contribution in [0.25, 0.3) is 10.9 Å². The average Bonchev–Trinajstić information content (AvgIpc) is 2.68. The Hall–Kier alpha value is -2.73. The van der Waals surface area contributed by atoms with Gasteiger partial charge in [-0.1, -0.05) is 11.6 Å². The van der Waals surface area contributed by atoms with E-state index in [0.29, 0.717) is 23.7 Å². The summed E-state index contributed by atoms with van der Waals surface area (Å²) in [5.41, 5.74) is 2.21. The van der Waals surface area contributed by atoms with Crippen LogP contribution in [-0.2, 0) is 0 Å². The molecular formula is C19H18ClN5O. The molecule has 0 saturated carbocycles. The van der Waals surface area contributed by atoms with Crippen molar-refractivity contribution in [2.45, 2.75) is 6.92 Å². The second-order valence-corrected chi connectivity index (χ2v) is 6.74. The van der Waals surface area contributed by atoms with Crippen molar-refractivity contribution in [2.75, 3.05) is 31.1 Å². The molecule has 1 amide bonds. The van der Waals surface area contributed by atoms with Gasteiger partial charge in [-0.25, -0.2) is 4.98 Å². The number of aryl methyl sites for hydroxylation is 1. The minimum absolute atomic E-state index is 0.00988. The number of hydrogen-bond acceptors (Lipinski definition) is 5. The van der Waals surface area contributed by atoms with Crippen LogP contribution in [0.4, 0.5) is 5.82 Å². The average molecular weight is 368 g/mol. The summed E-state index contributed by atoms with van der Waals surface area (Å²) in [5.74, 6) is 0.855. The Morgan fingerprint density at radius 1 is 1.12 bits per heavy atom. The molecule has 0 aliphatic carbocycles. The van der Waals surface area contributed by atoms with Gasteiger partial charge in [0.1, 0.15) is 5.82 Å². The lowest BCUT2D eigenvalue weighted by Gasteiger charge is -2.35. The number of aromatic nitrogens is 3. The first-order valence-corrected chi connectivity index (χ1v) is 8.87. The number of carbonyl (C=O) groups excluding carboxylic acids is 1. The Labute approximate surface area is 156 Å². The van der Waals surface area contributed by atoms with Crippen LogP contribution < -0.4 is 4.90 Å². The zero-order chi connectivity index (χ0) is 18.1. The maximum Gasteiger partial charge on any atom is 0.255 e. The van der Waals surface area contributed by atoms with Crippen molar-refractivity contribution >= 4 is 34.2 Å². The maximum absolute atomic E-state index is 13.0. The third-order valence-electron chi connectivity index (χ3n) is 4.64. The Bertz CT molecular complexity index is 955. The Morgan fingerprint density at radius 3 is 2.65 bits per heavy atom. The molecule has 2 aromatic heterocycles. The van der Waals surface area contributed by atoms with Crippen LogP contribution in [0.3, 0.4) is 0 Å². The molecule has 6 nitrogen and oxygen atoms in total. The van der Waals surface area contributed by atoms with Crippen LogP contribution in [0.1, 0.15) is 16.1 Å². The van der Waals surface area contributed by atoms with E-state index in [1.54, 1.807) is 18.6 Å². The van der Waals surface area contributed by atoms with E-state index in [1.807, 2.05) is 36.1 Å². The molecule has 7 heteroatoms. The van der Waals surface area contributed by atoms with Gasteiger partial charge in [0.25, 0.3) is 5.91 Å². The quantitative estimate of drug-likeness (QED) is 0.696. The number of amides is 1. The normalized spacial score (nSPS) is 14.7. The highest BCUT2D eigenvalue weighted by Gasteiger charge is 2.24. The number of anilines is 1. The van der Waals surface area contributed by atoms with Crippen LogP contribution in [0.15, 0.2) is 42.9 Å². The van der Waals surface area contributed by atoms with Gasteiger partial charge in [0, 0.05) is 49.0 Å². The molecule has 0 spiro atoms. The molecule has 0 unspecified atom stereocenters. The van der Waals surface area contributed by atoms with E-state index < -0.39 is 0 Å². The van der Waals surface area contributed by atoms with Gasteiger partial charge in [-0.05, 0) is 31.2 Å². The number of benzene rings is 1. The minimum Gasteiger partial charge on any atom is -0.352 e. The van der Waals surface area contributed by atoms with Crippen LogP contribution in [0.2, 0.25) is 5.02 Å². The van der Waals surface area contributed by atoms with Crippen LogP contribution in [-0.4, -0.2) is 51.9 Å². The van der Waals surface area contributed by atoms with Crippen molar-refractivity contribution in [1.29, 1.82) is 0 Å². The van der Waals surface area contributed by atoms with E-state index in [2.05, 4.69) is 19.9 Å². The molecule has 0 radical (unpaired) electrons. The van der Waals surface area contributed by atoms with Gasteiger partial charge in [0.2, 0.25) is 0 Å². The molecule has 0 atom stereocenters. The van der Waals surface area contributed by atoms with Crippen molar-refractivity contribution in [1.82, 2.24) is 19.9 Å².